The number of rotatable bonds is 9. The molecule has 0 aromatic carbocycles. The molecular formula is C24H28Cl2N6O6S. The lowest BCUT2D eigenvalue weighted by Gasteiger charge is -2.37. The van der Waals surface area contributed by atoms with E-state index in [0.717, 1.165) is 0 Å². The number of thiazole rings is 1. The van der Waals surface area contributed by atoms with Crippen molar-refractivity contribution in [1.82, 2.24) is 25.3 Å². The molecule has 0 radical (unpaired) electrons. The molecule has 3 aromatic rings. The van der Waals surface area contributed by atoms with Gasteiger partial charge in [-0.2, -0.15) is 9.97 Å². The molecule has 2 N–H and O–H groups in total. The van der Waals surface area contributed by atoms with Crippen LogP contribution < -0.4 is 19.7 Å². The fraction of sp³-hybridized carbons (Fsp3) is 0.458. The molecule has 4 rings (SSSR count). The quantitative estimate of drug-likeness (QED) is 0.350. The minimum Gasteiger partial charge on any atom is -0.481 e. The van der Waals surface area contributed by atoms with Gasteiger partial charge in [-0.1, -0.05) is 34.5 Å². The van der Waals surface area contributed by atoms with Crippen molar-refractivity contribution >= 4 is 51.5 Å². The Kier molecular flexibility index (Phi) is 9.15. The Bertz CT molecular complexity index is 1340. The highest BCUT2D eigenvalue weighted by atomic mass is 35.5. The fourth-order valence-corrected chi connectivity index (χ4v) is 5.52. The average Bonchev–Trinajstić information content (AvgIpc) is 3.50. The van der Waals surface area contributed by atoms with E-state index in [0.29, 0.717) is 35.4 Å². The number of methoxy groups -OCH3 is 3. The predicted molar refractivity (Wildman–Crippen MR) is 147 cm³/mol. The summed E-state index contributed by atoms with van der Waals surface area (Å²) < 4.78 is 21.5. The van der Waals surface area contributed by atoms with Gasteiger partial charge in [-0.25, -0.2) is 9.78 Å². The van der Waals surface area contributed by atoms with Crippen LogP contribution in [0.3, 0.4) is 0 Å². The Morgan fingerprint density at radius 1 is 1.15 bits per heavy atom. The van der Waals surface area contributed by atoms with E-state index in [4.69, 9.17) is 47.1 Å². The Labute approximate surface area is 238 Å². The van der Waals surface area contributed by atoms with Crippen LogP contribution in [0.4, 0.5) is 5.13 Å². The van der Waals surface area contributed by atoms with E-state index >= 15 is 0 Å². The number of H-pyrrole nitrogens is 1. The highest BCUT2D eigenvalue weighted by Gasteiger charge is 2.34. The number of hydrogen-bond acceptors (Lipinski definition) is 11. The van der Waals surface area contributed by atoms with Gasteiger partial charge in [0.1, 0.15) is 16.3 Å². The maximum absolute atomic E-state index is 12.9. The second-order valence-electron chi connectivity index (χ2n) is 8.51. The highest BCUT2D eigenvalue weighted by molar-refractivity contribution is 7.17. The molecule has 1 fully saturated rings. The standard InChI is InChI=1S/C24H28Cl2N6O6S/c1-6-38-23(34)20-19(21-29-14(36-4)9-15(30-21)37-5)31-24(39-20)32-8-7-12(13(10-32)35-3)28-22(33)18-17(26)16(25)11(2)27-18/h9,12-13,27H,6-8,10H2,1-5H3,(H,28,33). The van der Waals surface area contributed by atoms with E-state index in [-0.39, 0.29) is 63.5 Å². The van der Waals surface area contributed by atoms with Crippen molar-refractivity contribution in [2.24, 2.45) is 0 Å². The number of halogens is 2. The topological polar surface area (TPSA) is 141 Å². The zero-order valence-electron chi connectivity index (χ0n) is 22.0. The van der Waals surface area contributed by atoms with Crippen molar-refractivity contribution < 1.29 is 28.5 Å². The highest BCUT2D eigenvalue weighted by Crippen LogP contribution is 2.35. The van der Waals surface area contributed by atoms with Gasteiger partial charge in [0.05, 0.1) is 49.1 Å². The summed E-state index contributed by atoms with van der Waals surface area (Å²) in [5, 5.41) is 4.04. The molecule has 210 valence electrons. The molecule has 2 atom stereocenters. The number of esters is 1. The van der Waals surface area contributed by atoms with Gasteiger partial charge in [0.2, 0.25) is 11.8 Å². The van der Waals surface area contributed by atoms with E-state index < -0.39 is 5.97 Å². The predicted octanol–water partition coefficient (Wildman–Crippen LogP) is 3.76. The molecule has 1 aliphatic rings. The summed E-state index contributed by atoms with van der Waals surface area (Å²) in [4.78, 5) is 44.3. The molecular weight excluding hydrogens is 571 g/mol. The SMILES string of the molecule is CCOC(=O)c1sc(N2CCC(NC(=O)c3[nH]c(C)c(Cl)c3Cl)C(OC)C2)nc1-c1nc(OC)cc(OC)n1. The number of nitrogens with one attached hydrogen (secondary N) is 2. The summed E-state index contributed by atoms with van der Waals surface area (Å²) in [5.74, 6) is -0.227. The van der Waals surface area contributed by atoms with Crippen LogP contribution >= 0.6 is 34.5 Å². The van der Waals surface area contributed by atoms with E-state index in [1.807, 2.05) is 4.90 Å². The van der Waals surface area contributed by atoms with Crippen molar-refractivity contribution in [3.05, 3.63) is 32.4 Å². The lowest BCUT2D eigenvalue weighted by atomic mass is 10.0. The molecule has 12 nitrogen and oxygen atoms in total. The number of carbonyl (C=O) groups is 2. The molecule has 0 saturated carbocycles. The number of aromatic amines is 1. The summed E-state index contributed by atoms with van der Waals surface area (Å²) in [6.07, 6.45) is 0.169. The van der Waals surface area contributed by atoms with Crippen molar-refractivity contribution in [2.45, 2.75) is 32.4 Å². The van der Waals surface area contributed by atoms with Crippen molar-refractivity contribution in [2.75, 3.05) is 45.9 Å². The van der Waals surface area contributed by atoms with Crippen molar-refractivity contribution in [1.29, 1.82) is 0 Å². The van der Waals surface area contributed by atoms with Crippen LogP contribution in [0.1, 0.15) is 39.2 Å². The zero-order valence-corrected chi connectivity index (χ0v) is 24.3. The zero-order chi connectivity index (χ0) is 28.3. The van der Waals surface area contributed by atoms with Crippen LogP contribution in [0.15, 0.2) is 6.07 Å². The number of ether oxygens (including phenoxy) is 4. The lowest BCUT2D eigenvalue weighted by Crippen LogP contribution is -2.55. The third kappa shape index (κ3) is 6.06. The molecule has 1 aliphatic heterocycles. The summed E-state index contributed by atoms with van der Waals surface area (Å²) in [6, 6.07) is 1.23. The van der Waals surface area contributed by atoms with Gasteiger partial charge in [0.15, 0.2) is 11.0 Å². The van der Waals surface area contributed by atoms with Crippen LogP contribution in [0.5, 0.6) is 11.8 Å². The third-order valence-electron chi connectivity index (χ3n) is 6.12. The summed E-state index contributed by atoms with van der Waals surface area (Å²) >= 11 is 13.5. The van der Waals surface area contributed by atoms with E-state index in [9.17, 15) is 9.59 Å². The molecule has 1 saturated heterocycles. The van der Waals surface area contributed by atoms with E-state index in [1.54, 1.807) is 21.0 Å². The average molecular weight is 599 g/mol. The Balaban J connectivity index is 1.59. The maximum Gasteiger partial charge on any atom is 0.350 e. The summed E-state index contributed by atoms with van der Waals surface area (Å²) in [5.41, 5.74) is 1.07. The van der Waals surface area contributed by atoms with Crippen LogP contribution in [0.2, 0.25) is 10.0 Å². The number of nitrogens with zero attached hydrogens (tertiary/aromatic N) is 4. The molecule has 0 aliphatic carbocycles. The van der Waals surface area contributed by atoms with Crippen molar-refractivity contribution in [3.63, 3.8) is 0 Å². The first-order valence-electron chi connectivity index (χ1n) is 12.0. The van der Waals surface area contributed by atoms with Gasteiger partial charge in [0.25, 0.3) is 5.91 Å². The Morgan fingerprint density at radius 3 is 2.41 bits per heavy atom. The van der Waals surface area contributed by atoms with Gasteiger partial charge in [-0.3, -0.25) is 4.79 Å². The van der Waals surface area contributed by atoms with Crippen molar-refractivity contribution in [3.8, 4) is 23.3 Å². The number of aromatic nitrogens is 4. The summed E-state index contributed by atoms with van der Waals surface area (Å²) in [6.45, 7) is 4.58. The molecule has 4 heterocycles. The Hall–Kier alpha value is -3.13. The Morgan fingerprint density at radius 2 is 1.85 bits per heavy atom. The number of anilines is 1. The van der Waals surface area contributed by atoms with Gasteiger partial charge in [-0.15, -0.1) is 0 Å². The van der Waals surface area contributed by atoms with Gasteiger partial charge < -0.3 is 34.1 Å². The normalized spacial score (nSPS) is 17.2. The van der Waals surface area contributed by atoms with Gasteiger partial charge >= 0.3 is 5.97 Å². The maximum atomic E-state index is 12.9. The van der Waals surface area contributed by atoms with Crippen LogP contribution in [0, 0.1) is 6.92 Å². The van der Waals surface area contributed by atoms with Crippen LogP contribution in [-0.2, 0) is 9.47 Å². The molecule has 0 bridgehead atoms. The molecule has 0 spiro atoms. The van der Waals surface area contributed by atoms with Gasteiger partial charge in [-0.05, 0) is 20.3 Å². The number of hydrogen-bond donors (Lipinski definition) is 2. The second kappa shape index (κ2) is 12.4. The number of piperidine rings is 1. The first-order chi connectivity index (χ1) is 18.7. The van der Waals surface area contributed by atoms with E-state index in [2.05, 4.69) is 20.3 Å². The minimum absolute atomic E-state index is 0.166. The van der Waals surface area contributed by atoms with Crippen LogP contribution in [-0.4, -0.2) is 85.0 Å². The molecule has 2 unspecified atom stereocenters. The smallest absolute Gasteiger partial charge is 0.350 e. The summed E-state index contributed by atoms with van der Waals surface area (Å²) in [7, 11) is 4.51. The lowest BCUT2D eigenvalue weighted by molar-refractivity contribution is 0.0531. The molecule has 15 heteroatoms. The fourth-order valence-electron chi connectivity index (χ4n) is 4.11. The number of carbonyl (C=O) groups excluding carboxylic acids is 2. The molecule has 39 heavy (non-hydrogen) atoms. The molecule has 1 amide bonds. The van der Waals surface area contributed by atoms with E-state index in [1.165, 1.54) is 31.6 Å². The monoisotopic (exact) mass is 598 g/mol. The first kappa shape index (κ1) is 28.9. The number of amides is 1. The minimum atomic E-state index is -0.538. The number of aryl methyl sites for hydroxylation is 1. The van der Waals surface area contributed by atoms with Gasteiger partial charge in [0, 0.05) is 25.9 Å². The largest absolute Gasteiger partial charge is 0.481 e. The third-order valence-corrected chi connectivity index (χ3v) is 8.16. The second-order valence-corrected chi connectivity index (χ2v) is 10.2. The molecule has 3 aromatic heterocycles. The first-order valence-corrected chi connectivity index (χ1v) is 13.5. The van der Waals surface area contributed by atoms with Crippen LogP contribution in [0.25, 0.3) is 11.5 Å².